The summed E-state index contributed by atoms with van der Waals surface area (Å²) in [5.74, 6) is 2.81. The number of nitrogens with one attached hydrogen (secondary N) is 1. The monoisotopic (exact) mass is 588 g/mol. The van der Waals surface area contributed by atoms with Crippen LogP contribution in [0, 0.1) is 46.8 Å². The van der Waals surface area contributed by atoms with Crippen molar-refractivity contribution in [2.45, 2.75) is 79.6 Å². The number of likely N-dealkylation sites (tertiary alicyclic amines) is 1. The van der Waals surface area contributed by atoms with Crippen LogP contribution in [-0.2, 0) is 0 Å². The molecule has 3 aliphatic rings. The van der Waals surface area contributed by atoms with Gasteiger partial charge in [-0.25, -0.2) is 9.97 Å². The molecule has 2 N–H and O–H groups in total. The second kappa shape index (κ2) is 12.0. The fourth-order valence-electron chi connectivity index (χ4n) is 8.11. The Morgan fingerprint density at radius 1 is 1.09 bits per heavy atom. The Morgan fingerprint density at radius 3 is 2.26 bits per heavy atom. The number of hydrogen-bond donors (Lipinski definition) is 2. The Bertz CT molecular complexity index is 1320. The summed E-state index contributed by atoms with van der Waals surface area (Å²) in [4.78, 5) is 27.4. The highest BCUT2D eigenvalue weighted by molar-refractivity contribution is 5.94. The van der Waals surface area contributed by atoms with E-state index in [0.717, 1.165) is 56.9 Å². The molecule has 2 atom stereocenters. The molecule has 9 heteroatoms. The Morgan fingerprint density at radius 2 is 1.70 bits per heavy atom. The van der Waals surface area contributed by atoms with Crippen LogP contribution in [-0.4, -0.2) is 76.9 Å². The van der Waals surface area contributed by atoms with E-state index in [9.17, 15) is 15.2 Å². The highest BCUT2D eigenvalue weighted by Crippen LogP contribution is 2.55. The van der Waals surface area contributed by atoms with Gasteiger partial charge in [-0.1, -0.05) is 41.5 Å². The maximum absolute atomic E-state index is 13.4. The number of anilines is 1. The summed E-state index contributed by atoms with van der Waals surface area (Å²) in [7, 11) is 0. The van der Waals surface area contributed by atoms with Gasteiger partial charge in [0.25, 0.3) is 5.91 Å². The molecule has 1 amide bonds. The smallest absolute Gasteiger partial charge is 0.254 e. The number of aliphatic hydroxyl groups is 1. The number of aromatic nitrogens is 2. The Balaban J connectivity index is 1.18. The van der Waals surface area contributed by atoms with E-state index in [1.54, 1.807) is 18.5 Å². The fraction of sp³-hybridized carbons (Fsp3) is 0.647. The molecular weight excluding hydrogens is 540 g/mol. The van der Waals surface area contributed by atoms with Gasteiger partial charge < -0.3 is 25.0 Å². The minimum Gasteiger partial charge on any atom is -0.489 e. The quantitative estimate of drug-likeness (QED) is 0.488. The van der Waals surface area contributed by atoms with Crippen molar-refractivity contribution in [1.82, 2.24) is 20.2 Å². The van der Waals surface area contributed by atoms with Crippen LogP contribution in [0.4, 0.5) is 5.95 Å². The maximum atomic E-state index is 13.4. The molecule has 1 saturated carbocycles. The van der Waals surface area contributed by atoms with E-state index in [-0.39, 0.29) is 35.0 Å². The SMILES string of the molecule is Cc1cc(OC2C(C)(C)C(NC(=O)c3cnc(N4CC(C)C(CN5CCC(O)CC5)C(C)C4)nc3)C2(C)C)ccc1C#N. The molecule has 1 aliphatic carbocycles. The molecule has 3 fully saturated rings. The van der Waals surface area contributed by atoms with Crippen molar-refractivity contribution in [3.05, 3.63) is 47.3 Å². The highest BCUT2D eigenvalue weighted by atomic mass is 16.5. The summed E-state index contributed by atoms with van der Waals surface area (Å²) in [5, 5.41) is 22.3. The molecule has 0 spiro atoms. The van der Waals surface area contributed by atoms with Gasteiger partial charge >= 0.3 is 0 Å². The van der Waals surface area contributed by atoms with E-state index in [0.29, 0.717) is 34.8 Å². The van der Waals surface area contributed by atoms with Crippen LogP contribution in [0.15, 0.2) is 30.6 Å². The zero-order chi connectivity index (χ0) is 31.1. The van der Waals surface area contributed by atoms with Gasteiger partial charge in [-0.2, -0.15) is 5.26 Å². The number of aryl methyl sites for hydroxylation is 1. The second-order valence-electron chi connectivity index (χ2n) is 14.5. The number of piperidine rings is 2. The van der Waals surface area contributed by atoms with E-state index < -0.39 is 0 Å². The minimum atomic E-state index is -0.313. The molecule has 232 valence electrons. The summed E-state index contributed by atoms with van der Waals surface area (Å²) >= 11 is 0. The van der Waals surface area contributed by atoms with Crippen LogP contribution in [0.2, 0.25) is 0 Å². The molecular formula is C34H48N6O3. The number of amides is 1. The predicted octanol–water partition coefficient (Wildman–Crippen LogP) is 4.43. The van der Waals surface area contributed by atoms with Gasteiger partial charge in [-0.3, -0.25) is 4.79 Å². The van der Waals surface area contributed by atoms with Crippen LogP contribution in [0.5, 0.6) is 5.75 Å². The van der Waals surface area contributed by atoms with Crippen molar-refractivity contribution in [3.63, 3.8) is 0 Å². The molecule has 1 aromatic carbocycles. The first kappa shape index (κ1) is 31.2. The van der Waals surface area contributed by atoms with Crippen LogP contribution >= 0.6 is 0 Å². The minimum absolute atomic E-state index is 0.111. The first-order valence-corrected chi connectivity index (χ1v) is 15.8. The Kier molecular flexibility index (Phi) is 8.75. The number of hydrogen-bond acceptors (Lipinski definition) is 8. The van der Waals surface area contributed by atoms with Crippen molar-refractivity contribution in [1.29, 1.82) is 5.26 Å². The number of nitrogens with zero attached hydrogens (tertiary/aromatic N) is 5. The van der Waals surface area contributed by atoms with Crippen LogP contribution < -0.4 is 15.0 Å². The summed E-state index contributed by atoms with van der Waals surface area (Å²) in [6, 6.07) is 7.62. The van der Waals surface area contributed by atoms with Crippen LogP contribution in [0.1, 0.15) is 75.9 Å². The zero-order valence-electron chi connectivity index (χ0n) is 26.8. The number of carbonyl (C=O) groups excluding carboxylic acids is 1. The Labute approximate surface area is 256 Å². The summed E-state index contributed by atoms with van der Waals surface area (Å²) in [6.45, 7) is 19.8. The number of nitriles is 1. The van der Waals surface area contributed by atoms with Crippen LogP contribution in [0.3, 0.4) is 0 Å². The maximum Gasteiger partial charge on any atom is 0.254 e. The highest BCUT2D eigenvalue weighted by Gasteiger charge is 2.64. The summed E-state index contributed by atoms with van der Waals surface area (Å²) in [5.41, 5.74) is 1.35. The van der Waals surface area contributed by atoms with E-state index in [2.05, 4.69) is 72.7 Å². The van der Waals surface area contributed by atoms with Crippen molar-refractivity contribution in [3.8, 4) is 11.8 Å². The zero-order valence-corrected chi connectivity index (χ0v) is 26.8. The molecule has 2 aromatic rings. The van der Waals surface area contributed by atoms with E-state index in [1.807, 2.05) is 19.1 Å². The van der Waals surface area contributed by atoms with Crippen molar-refractivity contribution in [2.75, 3.05) is 37.6 Å². The molecule has 1 aromatic heterocycles. The lowest BCUT2D eigenvalue weighted by molar-refractivity contribution is -0.164. The molecule has 9 nitrogen and oxygen atoms in total. The average molecular weight is 589 g/mol. The van der Waals surface area contributed by atoms with Gasteiger partial charge in [0.2, 0.25) is 5.95 Å². The lowest BCUT2D eigenvalue weighted by Crippen LogP contribution is -2.74. The molecule has 2 saturated heterocycles. The Hall–Kier alpha value is -3.22. The molecule has 2 aliphatic heterocycles. The third-order valence-electron chi connectivity index (χ3n) is 10.4. The lowest BCUT2D eigenvalue weighted by atomic mass is 9.49. The predicted molar refractivity (Wildman–Crippen MR) is 167 cm³/mol. The number of benzene rings is 1. The number of aliphatic hydroxyl groups excluding tert-OH is 1. The summed E-state index contributed by atoms with van der Waals surface area (Å²) in [6.07, 6.45) is 4.77. The number of carbonyl (C=O) groups is 1. The summed E-state index contributed by atoms with van der Waals surface area (Å²) < 4.78 is 6.43. The van der Waals surface area contributed by atoms with Crippen molar-refractivity contribution < 1.29 is 14.6 Å². The molecule has 5 rings (SSSR count). The van der Waals surface area contributed by atoms with E-state index in [1.165, 1.54) is 0 Å². The molecule has 0 radical (unpaired) electrons. The first-order chi connectivity index (χ1) is 20.3. The average Bonchev–Trinajstić information content (AvgIpc) is 2.97. The number of ether oxygens (including phenoxy) is 1. The fourth-order valence-corrected chi connectivity index (χ4v) is 8.11. The van der Waals surface area contributed by atoms with Gasteiger partial charge in [0.1, 0.15) is 11.9 Å². The topological polar surface area (TPSA) is 115 Å². The molecule has 2 unspecified atom stereocenters. The van der Waals surface area contributed by atoms with Crippen molar-refractivity contribution in [2.24, 2.45) is 28.6 Å². The third-order valence-corrected chi connectivity index (χ3v) is 10.4. The number of rotatable bonds is 7. The second-order valence-corrected chi connectivity index (χ2v) is 14.5. The van der Waals surface area contributed by atoms with Gasteiger partial charge in [-0.05, 0) is 61.3 Å². The lowest BCUT2D eigenvalue weighted by Gasteiger charge is -2.63. The van der Waals surface area contributed by atoms with Crippen molar-refractivity contribution >= 4 is 11.9 Å². The third kappa shape index (κ3) is 6.23. The molecule has 43 heavy (non-hydrogen) atoms. The molecule has 3 heterocycles. The largest absolute Gasteiger partial charge is 0.489 e. The van der Waals surface area contributed by atoms with E-state index >= 15 is 0 Å². The normalized spacial score (nSPS) is 28.9. The van der Waals surface area contributed by atoms with Gasteiger partial charge in [0.05, 0.1) is 23.3 Å². The van der Waals surface area contributed by atoms with Gasteiger partial charge in [-0.15, -0.1) is 0 Å². The molecule has 0 bridgehead atoms. The van der Waals surface area contributed by atoms with Gasteiger partial charge in [0, 0.05) is 62.0 Å². The van der Waals surface area contributed by atoms with Gasteiger partial charge in [0.15, 0.2) is 0 Å². The first-order valence-electron chi connectivity index (χ1n) is 15.8. The standard InChI is InChI=1S/C34H48N6O3/c1-21-14-27(9-8-24(21)15-35)43-31-33(4,5)30(34(31,6)7)38-29(42)25-16-36-32(37-17-25)40-18-22(2)28(23(3)19-40)20-39-12-10-26(41)11-13-39/h8-9,14,16-17,22-23,26,28,30-31,41H,10-13,18-20H2,1-7H3,(H,38,42). The van der Waals surface area contributed by atoms with Crippen LogP contribution in [0.25, 0.3) is 0 Å². The van der Waals surface area contributed by atoms with E-state index in [4.69, 9.17) is 4.74 Å².